The van der Waals surface area contributed by atoms with Crippen molar-refractivity contribution in [3.05, 3.63) is 12.7 Å². The van der Waals surface area contributed by atoms with Gasteiger partial charge in [0.1, 0.15) is 31.0 Å². The third-order valence-corrected chi connectivity index (χ3v) is 11.3. The fourth-order valence-electron chi connectivity index (χ4n) is 7.52. The fourth-order valence-corrected chi connectivity index (χ4v) is 7.52. The molecule has 0 spiro atoms. The Balaban J connectivity index is 2.28. The Kier molecular flexibility index (Phi) is 36.2. The van der Waals surface area contributed by atoms with Crippen molar-refractivity contribution in [2.24, 2.45) is 0 Å². The monoisotopic (exact) mass is 813 g/mol. The van der Waals surface area contributed by atoms with Crippen molar-refractivity contribution in [1.29, 1.82) is 0 Å². The van der Waals surface area contributed by atoms with E-state index in [2.05, 4.69) is 13.5 Å². The van der Waals surface area contributed by atoms with Crippen LogP contribution in [0.25, 0.3) is 0 Å². The second-order valence-electron chi connectivity index (χ2n) is 16.7. The summed E-state index contributed by atoms with van der Waals surface area (Å²) < 4.78 is 22.2. The minimum atomic E-state index is -1.59. The molecule has 0 aromatic rings. The summed E-state index contributed by atoms with van der Waals surface area (Å²) in [4.78, 5) is 25.4. The summed E-state index contributed by atoms with van der Waals surface area (Å²) in [5.74, 6) is -0.796. The van der Waals surface area contributed by atoms with Crippen LogP contribution in [-0.4, -0.2) is 89.0 Å². The number of rotatable bonds is 41. The van der Waals surface area contributed by atoms with Crippen LogP contribution in [0.15, 0.2) is 12.7 Å². The van der Waals surface area contributed by atoms with Crippen molar-refractivity contribution < 1.29 is 49.0 Å². The molecule has 0 aromatic carbocycles. The van der Waals surface area contributed by atoms with Gasteiger partial charge in [-0.25, -0.2) is 0 Å². The van der Waals surface area contributed by atoms with Crippen LogP contribution in [0.2, 0.25) is 0 Å². The van der Waals surface area contributed by atoms with Crippen molar-refractivity contribution in [2.75, 3.05) is 19.8 Å². The molecule has 1 rings (SSSR count). The standard InChI is InChI=1S/C47H88O10/c1-3-5-7-9-11-13-15-17-19-20-22-24-26-28-30-32-34-36-43(50)56-40(39-55-47-46(53)45(52)44(51)41(37-48)57-47)38-54-42(49)35-33-31-29-27-25-23-21-18-16-14-12-10-8-6-4-2/h4,40-41,44-48,51-53H,2-3,5-39H2,1H3/t40-,41-,44+,45?,46?,47-/m1/s1. The van der Waals surface area contributed by atoms with E-state index in [1.165, 1.54) is 148 Å². The summed E-state index contributed by atoms with van der Waals surface area (Å²) in [7, 11) is 0. The predicted molar refractivity (Wildman–Crippen MR) is 229 cm³/mol. The Morgan fingerprint density at radius 2 is 0.965 bits per heavy atom. The zero-order chi connectivity index (χ0) is 41.6. The van der Waals surface area contributed by atoms with Crippen molar-refractivity contribution in [1.82, 2.24) is 0 Å². The van der Waals surface area contributed by atoms with Crippen LogP contribution < -0.4 is 0 Å². The summed E-state index contributed by atoms with van der Waals surface area (Å²) in [6, 6.07) is 0. The molecular formula is C47H88O10. The van der Waals surface area contributed by atoms with Gasteiger partial charge in [-0.2, -0.15) is 0 Å². The molecule has 0 bridgehead atoms. The molecule has 2 unspecified atom stereocenters. The maximum atomic E-state index is 12.8. The Morgan fingerprint density at radius 1 is 0.561 bits per heavy atom. The fraction of sp³-hybridized carbons (Fsp3) is 0.915. The quantitative estimate of drug-likeness (QED) is 0.0267. The Hall–Kier alpha value is -1.56. The molecular weight excluding hydrogens is 725 g/mol. The highest BCUT2D eigenvalue weighted by molar-refractivity contribution is 5.70. The molecule has 0 aliphatic carbocycles. The average Bonchev–Trinajstić information content (AvgIpc) is 3.21. The second-order valence-corrected chi connectivity index (χ2v) is 16.7. The number of hydrogen-bond donors (Lipinski definition) is 4. The predicted octanol–water partition coefficient (Wildman–Crippen LogP) is 10.3. The summed E-state index contributed by atoms with van der Waals surface area (Å²) in [5.41, 5.74) is 0. The largest absolute Gasteiger partial charge is 0.462 e. The van der Waals surface area contributed by atoms with Gasteiger partial charge in [0, 0.05) is 12.8 Å². The summed E-state index contributed by atoms with van der Waals surface area (Å²) in [5, 5.41) is 40.1. The Morgan fingerprint density at radius 3 is 1.39 bits per heavy atom. The van der Waals surface area contributed by atoms with Gasteiger partial charge in [0.15, 0.2) is 12.4 Å². The molecule has 10 heteroatoms. The highest BCUT2D eigenvalue weighted by Crippen LogP contribution is 2.23. The third-order valence-electron chi connectivity index (χ3n) is 11.3. The minimum absolute atomic E-state index is 0.212. The van der Waals surface area contributed by atoms with E-state index < -0.39 is 49.4 Å². The number of aliphatic hydroxyl groups is 4. The lowest BCUT2D eigenvalue weighted by Gasteiger charge is -2.39. The molecule has 0 saturated carbocycles. The molecule has 0 amide bonds. The first-order valence-electron chi connectivity index (χ1n) is 23.7. The number of hydrogen-bond acceptors (Lipinski definition) is 10. The normalized spacial score (nSPS) is 20.1. The van der Waals surface area contributed by atoms with Gasteiger partial charge >= 0.3 is 11.9 Å². The van der Waals surface area contributed by atoms with Crippen LogP contribution in [0.4, 0.5) is 0 Å². The molecule has 4 N–H and O–H groups in total. The number of ether oxygens (including phenoxy) is 4. The van der Waals surface area contributed by atoms with E-state index in [4.69, 9.17) is 18.9 Å². The van der Waals surface area contributed by atoms with Gasteiger partial charge in [0.2, 0.25) is 0 Å². The van der Waals surface area contributed by atoms with Gasteiger partial charge in [-0.1, -0.05) is 186 Å². The zero-order valence-electron chi connectivity index (χ0n) is 36.4. The number of carbonyl (C=O) groups is 2. The van der Waals surface area contributed by atoms with Gasteiger partial charge in [-0.05, 0) is 25.7 Å². The van der Waals surface area contributed by atoms with E-state index in [0.717, 1.165) is 44.9 Å². The topological polar surface area (TPSA) is 152 Å². The molecule has 1 fully saturated rings. The highest BCUT2D eigenvalue weighted by atomic mass is 16.7. The molecule has 1 saturated heterocycles. The van der Waals surface area contributed by atoms with E-state index in [-0.39, 0.29) is 32.0 Å². The van der Waals surface area contributed by atoms with E-state index in [1.54, 1.807) is 0 Å². The molecule has 1 aliphatic heterocycles. The van der Waals surface area contributed by atoms with Gasteiger partial charge in [-0.3, -0.25) is 9.59 Å². The van der Waals surface area contributed by atoms with Crippen LogP contribution >= 0.6 is 0 Å². The lowest BCUT2D eigenvalue weighted by atomic mass is 9.99. The van der Waals surface area contributed by atoms with Crippen molar-refractivity contribution >= 4 is 11.9 Å². The van der Waals surface area contributed by atoms with Crippen LogP contribution in [0, 0.1) is 0 Å². The molecule has 57 heavy (non-hydrogen) atoms. The number of carbonyl (C=O) groups excluding carboxylic acids is 2. The smallest absolute Gasteiger partial charge is 0.306 e. The molecule has 6 atom stereocenters. The number of aliphatic hydroxyl groups excluding tert-OH is 4. The zero-order valence-corrected chi connectivity index (χ0v) is 36.4. The van der Waals surface area contributed by atoms with Crippen molar-refractivity contribution in [2.45, 2.75) is 256 Å². The van der Waals surface area contributed by atoms with E-state index in [0.29, 0.717) is 6.42 Å². The number of unbranched alkanes of at least 4 members (excludes halogenated alkanes) is 29. The molecule has 10 nitrogen and oxygen atoms in total. The maximum Gasteiger partial charge on any atom is 0.306 e. The Bertz CT molecular complexity index is 930. The number of esters is 2. The van der Waals surface area contributed by atoms with E-state index in [9.17, 15) is 30.0 Å². The van der Waals surface area contributed by atoms with Crippen LogP contribution in [0.1, 0.15) is 219 Å². The SMILES string of the molecule is C=CCCCCCCCCCCCCCCCC(=O)OC[C@H](CO[C@@H]1O[C@H](CO)[C@H](O)C(O)C1O)OC(=O)CCCCCCCCCCCCCCCCCCC. The summed E-state index contributed by atoms with van der Waals surface area (Å²) in [6.45, 7) is 4.98. The summed E-state index contributed by atoms with van der Waals surface area (Å²) >= 11 is 0. The van der Waals surface area contributed by atoms with Crippen molar-refractivity contribution in [3.63, 3.8) is 0 Å². The average molecular weight is 813 g/mol. The number of allylic oxidation sites excluding steroid dienone is 1. The van der Waals surface area contributed by atoms with Gasteiger partial charge in [-0.15, -0.1) is 6.58 Å². The first kappa shape index (κ1) is 53.5. The summed E-state index contributed by atoms with van der Waals surface area (Å²) in [6.07, 6.45) is 32.5. The molecule has 0 radical (unpaired) electrons. The first-order valence-corrected chi connectivity index (χ1v) is 23.7. The van der Waals surface area contributed by atoms with Crippen LogP contribution in [0.3, 0.4) is 0 Å². The molecule has 336 valence electrons. The molecule has 1 aliphatic rings. The first-order chi connectivity index (χ1) is 27.8. The molecule has 1 heterocycles. The van der Waals surface area contributed by atoms with Gasteiger partial charge in [0.05, 0.1) is 13.2 Å². The van der Waals surface area contributed by atoms with E-state index in [1.807, 2.05) is 6.08 Å². The van der Waals surface area contributed by atoms with E-state index >= 15 is 0 Å². The van der Waals surface area contributed by atoms with Crippen LogP contribution in [0.5, 0.6) is 0 Å². The third kappa shape index (κ3) is 30.2. The maximum absolute atomic E-state index is 12.8. The van der Waals surface area contributed by atoms with Crippen molar-refractivity contribution in [3.8, 4) is 0 Å². The van der Waals surface area contributed by atoms with Crippen LogP contribution in [-0.2, 0) is 28.5 Å². The second kappa shape index (κ2) is 38.6. The Labute approximate surface area is 348 Å². The van der Waals surface area contributed by atoms with Gasteiger partial charge < -0.3 is 39.4 Å². The van der Waals surface area contributed by atoms with Gasteiger partial charge in [0.25, 0.3) is 0 Å². The lowest BCUT2D eigenvalue weighted by Crippen LogP contribution is -2.59. The highest BCUT2D eigenvalue weighted by Gasteiger charge is 2.44. The minimum Gasteiger partial charge on any atom is -0.462 e. The lowest BCUT2D eigenvalue weighted by molar-refractivity contribution is -0.305. The molecule has 0 aromatic heterocycles.